The van der Waals surface area contributed by atoms with Gasteiger partial charge in [-0.25, -0.2) is 9.18 Å². The van der Waals surface area contributed by atoms with Gasteiger partial charge in [-0.2, -0.15) is 0 Å². The zero-order chi connectivity index (χ0) is 20.7. The van der Waals surface area contributed by atoms with Gasteiger partial charge < -0.3 is 23.7 Å². The molecule has 9 nitrogen and oxygen atoms in total. The standard InChI is InChI=1S/C18H19FO9/c1-11(21)25-9-18(19)15(26-10-20)14(28-17(18)27-12(2)22)8-24-16(23)13-6-4-3-5-7-13/h3-7,10,14-15,17H,8-9H2,1-2H3/t14-,15-,17-,18+/m1/s1. The summed E-state index contributed by atoms with van der Waals surface area (Å²) in [7, 11) is 0. The van der Waals surface area contributed by atoms with Crippen molar-refractivity contribution in [3.63, 3.8) is 0 Å². The van der Waals surface area contributed by atoms with E-state index in [4.69, 9.17) is 18.9 Å². The van der Waals surface area contributed by atoms with Crippen LogP contribution in [0.3, 0.4) is 0 Å². The van der Waals surface area contributed by atoms with E-state index in [1.54, 1.807) is 18.2 Å². The first-order valence-electron chi connectivity index (χ1n) is 8.24. The van der Waals surface area contributed by atoms with E-state index in [1.165, 1.54) is 12.1 Å². The number of ether oxygens (including phenoxy) is 5. The zero-order valence-electron chi connectivity index (χ0n) is 15.2. The third-order valence-electron chi connectivity index (χ3n) is 3.86. The molecule has 0 amide bonds. The third-order valence-corrected chi connectivity index (χ3v) is 3.86. The summed E-state index contributed by atoms with van der Waals surface area (Å²) >= 11 is 0. The van der Waals surface area contributed by atoms with Crippen molar-refractivity contribution in [1.82, 2.24) is 0 Å². The Balaban J connectivity index is 2.17. The van der Waals surface area contributed by atoms with Gasteiger partial charge >= 0.3 is 17.9 Å². The van der Waals surface area contributed by atoms with Crippen LogP contribution in [0.2, 0.25) is 0 Å². The minimum absolute atomic E-state index is 0.0295. The fourth-order valence-electron chi connectivity index (χ4n) is 2.63. The summed E-state index contributed by atoms with van der Waals surface area (Å²) in [6, 6.07) is 7.99. The Morgan fingerprint density at radius 3 is 2.39 bits per heavy atom. The maximum atomic E-state index is 15.5. The number of halogens is 1. The van der Waals surface area contributed by atoms with Crippen LogP contribution in [0, 0.1) is 0 Å². The summed E-state index contributed by atoms with van der Waals surface area (Å²) in [5.74, 6) is -2.39. The van der Waals surface area contributed by atoms with Crippen molar-refractivity contribution < 1.29 is 47.3 Å². The lowest BCUT2D eigenvalue weighted by molar-refractivity contribution is -0.203. The van der Waals surface area contributed by atoms with Crippen LogP contribution in [0.1, 0.15) is 24.2 Å². The number of hydrogen-bond donors (Lipinski definition) is 0. The molecule has 0 unspecified atom stereocenters. The molecule has 1 saturated heterocycles. The van der Waals surface area contributed by atoms with Crippen LogP contribution in [-0.2, 0) is 38.1 Å². The highest BCUT2D eigenvalue weighted by atomic mass is 19.1. The van der Waals surface area contributed by atoms with E-state index in [-0.39, 0.29) is 12.0 Å². The average Bonchev–Trinajstić information content (AvgIpc) is 2.91. The summed E-state index contributed by atoms with van der Waals surface area (Å²) in [6.45, 7) is 0.638. The molecule has 0 N–H and O–H groups in total. The van der Waals surface area contributed by atoms with Crippen LogP contribution in [0.5, 0.6) is 0 Å². The molecule has 0 saturated carbocycles. The lowest BCUT2D eigenvalue weighted by Crippen LogP contribution is -2.51. The largest absolute Gasteiger partial charge is 0.462 e. The average molecular weight is 398 g/mol. The molecule has 2 rings (SSSR count). The van der Waals surface area contributed by atoms with Gasteiger partial charge in [0, 0.05) is 13.8 Å². The van der Waals surface area contributed by atoms with Crippen molar-refractivity contribution in [2.45, 2.75) is 38.0 Å². The topological polar surface area (TPSA) is 114 Å². The molecule has 10 heteroatoms. The fourth-order valence-corrected chi connectivity index (χ4v) is 2.63. The van der Waals surface area contributed by atoms with Crippen LogP contribution in [0.15, 0.2) is 30.3 Å². The van der Waals surface area contributed by atoms with E-state index in [1.807, 2.05) is 0 Å². The number of hydrogen-bond acceptors (Lipinski definition) is 9. The highest BCUT2D eigenvalue weighted by Crippen LogP contribution is 2.38. The Morgan fingerprint density at radius 2 is 1.82 bits per heavy atom. The van der Waals surface area contributed by atoms with Crippen LogP contribution >= 0.6 is 0 Å². The molecule has 1 aliphatic rings. The smallest absolute Gasteiger partial charge is 0.338 e. The highest BCUT2D eigenvalue weighted by Gasteiger charge is 2.62. The highest BCUT2D eigenvalue weighted by molar-refractivity contribution is 5.89. The molecule has 0 aliphatic carbocycles. The second kappa shape index (κ2) is 9.27. The number of carbonyl (C=O) groups excluding carboxylic acids is 4. The Bertz CT molecular complexity index is 723. The van der Waals surface area contributed by atoms with Gasteiger partial charge in [-0.1, -0.05) is 18.2 Å². The van der Waals surface area contributed by atoms with Gasteiger partial charge in [0.05, 0.1) is 5.56 Å². The van der Waals surface area contributed by atoms with Gasteiger partial charge in [-0.3, -0.25) is 14.4 Å². The maximum absolute atomic E-state index is 15.5. The van der Waals surface area contributed by atoms with Gasteiger partial charge in [0.25, 0.3) is 6.47 Å². The van der Waals surface area contributed by atoms with Crippen LogP contribution in [0.25, 0.3) is 0 Å². The molecule has 0 radical (unpaired) electrons. The summed E-state index contributed by atoms with van der Waals surface area (Å²) in [4.78, 5) is 45.3. The van der Waals surface area contributed by atoms with Crippen molar-refractivity contribution in [3.05, 3.63) is 35.9 Å². The molecule has 1 heterocycles. The van der Waals surface area contributed by atoms with Crippen molar-refractivity contribution in [2.75, 3.05) is 13.2 Å². The first kappa shape index (κ1) is 21.3. The molecule has 1 aliphatic heterocycles. The molecular weight excluding hydrogens is 379 g/mol. The molecule has 1 fully saturated rings. The van der Waals surface area contributed by atoms with Crippen molar-refractivity contribution in [2.24, 2.45) is 0 Å². The monoisotopic (exact) mass is 398 g/mol. The number of benzene rings is 1. The third kappa shape index (κ3) is 5.03. The summed E-state index contributed by atoms with van der Waals surface area (Å²) in [5, 5.41) is 0. The molecule has 1 aromatic carbocycles. The number of carbonyl (C=O) groups is 4. The second-order valence-electron chi connectivity index (χ2n) is 5.94. The quantitative estimate of drug-likeness (QED) is 0.358. The van der Waals surface area contributed by atoms with Gasteiger partial charge in [-0.15, -0.1) is 0 Å². The SMILES string of the molecule is CC(=O)OC[C@@]1(F)[C@H](OC(C)=O)O[C@H](COC(=O)c2ccccc2)[C@H]1OC=O. The van der Waals surface area contributed by atoms with Crippen molar-refractivity contribution >= 4 is 24.4 Å². The fraction of sp³-hybridized carbons (Fsp3) is 0.444. The number of esters is 3. The van der Waals surface area contributed by atoms with Gasteiger partial charge in [0.2, 0.25) is 12.0 Å². The van der Waals surface area contributed by atoms with E-state index in [2.05, 4.69) is 4.74 Å². The van der Waals surface area contributed by atoms with Crippen LogP contribution in [0.4, 0.5) is 4.39 Å². The van der Waals surface area contributed by atoms with Crippen molar-refractivity contribution in [3.8, 4) is 0 Å². The number of rotatable bonds is 8. The summed E-state index contributed by atoms with van der Waals surface area (Å²) in [5.41, 5.74) is -2.45. The molecule has 1 aromatic rings. The van der Waals surface area contributed by atoms with Crippen molar-refractivity contribution in [1.29, 1.82) is 0 Å². The first-order valence-corrected chi connectivity index (χ1v) is 8.24. The molecular formula is C18H19FO9. The Morgan fingerprint density at radius 1 is 1.14 bits per heavy atom. The lowest BCUT2D eigenvalue weighted by atomic mass is 9.98. The minimum atomic E-state index is -2.69. The van der Waals surface area contributed by atoms with E-state index in [9.17, 15) is 19.2 Å². The van der Waals surface area contributed by atoms with E-state index < -0.39 is 55.3 Å². The summed E-state index contributed by atoms with van der Waals surface area (Å²) < 4.78 is 40.2. The Kier molecular flexibility index (Phi) is 7.05. The van der Waals surface area contributed by atoms with E-state index in [0.717, 1.165) is 13.8 Å². The maximum Gasteiger partial charge on any atom is 0.338 e. The normalized spacial score (nSPS) is 26.2. The van der Waals surface area contributed by atoms with E-state index in [0.29, 0.717) is 0 Å². The zero-order valence-corrected chi connectivity index (χ0v) is 15.2. The minimum Gasteiger partial charge on any atom is -0.462 e. The second-order valence-corrected chi connectivity index (χ2v) is 5.94. The Labute approximate surface area is 159 Å². The van der Waals surface area contributed by atoms with Crippen LogP contribution in [-0.4, -0.2) is 61.8 Å². The van der Waals surface area contributed by atoms with E-state index >= 15 is 4.39 Å². The molecule has 152 valence electrons. The molecule has 28 heavy (non-hydrogen) atoms. The molecule has 4 atom stereocenters. The van der Waals surface area contributed by atoms with Gasteiger partial charge in [0.15, 0.2) is 6.10 Å². The lowest BCUT2D eigenvalue weighted by Gasteiger charge is -2.28. The Hall–Kier alpha value is -3.01. The molecule has 0 bridgehead atoms. The van der Waals surface area contributed by atoms with Crippen LogP contribution < -0.4 is 0 Å². The van der Waals surface area contributed by atoms with Gasteiger partial charge in [0.1, 0.15) is 19.3 Å². The summed E-state index contributed by atoms with van der Waals surface area (Å²) in [6.07, 6.45) is -4.80. The molecule has 0 spiro atoms. The predicted octanol–water partition coefficient (Wildman–Crippen LogP) is 0.944. The number of alkyl halides is 1. The first-order chi connectivity index (χ1) is 13.3. The predicted molar refractivity (Wildman–Crippen MR) is 88.6 cm³/mol. The van der Waals surface area contributed by atoms with Gasteiger partial charge in [-0.05, 0) is 12.1 Å². The molecule has 0 aromatic heterocycles.